The first-order valence-corrected chi connectivity index (χ1v) is 6.39. The van der Waals surface area contributed by atoms with E-state index in [1.165, 1.54) is 0 Å². The van der Waals surface area contributed by atoms with Crippen LogP contribution >= 0.6 is 15.9 Å². The molecular weight excluding hydrogens is 294 g/mol. The Kier molecular flexibility index (Phi) is 3.81. The molecule has 1 aromatic carbocycles. The van der Waals surface area contributed by atoms with Gasteiger partial charge in [-0.25, -0.2) is 0 Å². The van der Waals surface area contributed by atoms with Crippen molar-refractivity contribution in [3.63, 3.8) is 0 Å². The van der Waals surface area contributed by atoms with Gasteiger partial charge in [0.1, 0.15) is 6.54 Å². The van der Waals surface area contributed by atoms with Gasteiger partial charge in [-0.2, -0.15) is 5.10 Å². The van der Waals surface area contributed by atoms with Crippen molar-refractivity contribution in [1.29, 1.82) is 0 Å². The van der Waals surface area contributed by atoms with Gasteiger partial charge in [-0.05, 0) is 47.0 Å². The quantitative estimate of drug-likeness (QED) is 0.947. The summed E-state index contributed by atoms with van der Waals surface area (Å²) in [5.74, 6) is -0.0840. The van der Waals surface area contributed by atoms with E-state index in [4.69, 9.17) is 0 Å². The summed E-state index contributed by atoms with van der Waals surface area (Å²) in [5, 5.41) is 6.94. The van der Waals surface area contributed by atoms with Crippen molar-refractivity contribution in [1.82, 2.24) is 9.78 Å². The average Bonchev–Trinajstić information content (AvgIpc) is 2.70. The number of nitrogens with one attached hydrogen (secondary N) is 1. The van der Waals surface area contributed by atoms with Gasteiger partial charge in [0.05, 0.1) is 10.7 Å². The average molecular weight is 308 g/mol. The standard InChI is InChI=1S/C13H14BrN3O/c1-9-4-3-5-12(10(9)2)16-13(18)8-17-7-11(14)6-15-17/h3-7H,8H2,1-2H3,(H,16,18). The maximum Gasteiger partial charge on any atom is 0.246 e. The van der Waals surface area contributed by atoms with Crippen LogP contribution in [0.2, 0.25) is 0 Å². The minimum atomic E-state index is -0.0840. The molecule has 1 N–H and O–H groups in total. The smallest absolute Gasteiger partial charge is 0.246 e. The van der Waals surface area contributed by atoms with E-state index in [9.17, 15) is 4.79 Å². The Morgan fingerprint density at radius 3 is 2.89 bits per heavy atom. The lowest BCUT2D eigenvalue weighted by Gasteiger charge is -2.10. The summed E-state index contributed by atoms with van der Waals surface area (Å²) < 4.78 is 2.45. The molecule has 18 heavy (non-hydrogen) atoms. The molecule has 0 aliphatic rings. The van der Waals surface area contributed by atoms with E-state index in [0.717, 1.165) is 21.3 Å². The Bertz CT molecular complexity index is 577. The molecule has 0 radical (unpaired) electrons. The molecule has 1 amide bonds. The molecule has 1 aromatic heterocycles. The number of aromatic nitrogens is 2. The van der Waals surface area contributed by atoms with Crippen LogP contribution in [0.1, 0.15) is 11.1 Å². The lowest BCUT2D eigenvalue weighted by Crippen LogP contribution is -2.19. The van der Waals surface area contributed by atoms with Gasteiger partial charge in [0, 0.05) is 11.9 Å². The maximum atomic E-state index is 11.9. The lowest BCUT2D eigenvalue weighted by molar-refractivity contribution is -0.116. The lowest BCUT2D eigenvalue weighted by atomic mass is 10.1. The highest BCUT2D eigenvalue weighted by Gasteiger charge is 2.07. The molecule has 4 nitrogen and oxygen atoms in total. The van der Waals surface area contributed by atoms with E-state index in [2.05, 4.69) is 26.3 Å². The molecule has 1 heterocycles. The van der Waals surface area contributed by atoms with E-state index < -0.39 is 0 Å². The van der Waals surface area contributed by atoms with Gasteiger partial charge in [0.2, 0.25) is 5.91 Å². The fraction of sp³-hybridized carbons (Fsp3) is 0.231. The molecule has 0 bridgehead atoms. The minimum Gasteiger partial charge on any atom is -0.324 e. The van der Waals surface area contributed by atoms with Crippen LogP contribution in [0.5, 0.6) is 0 Å². The van der Waals surface area contributed by atoms with Crippen molar-refractivity contribution in [2.24, 2.45) is 0 Å². The molecule has 0 aliphatic heterocycles. The molecule has 2 aromatic rings. The van der Waals surface area contributed by atoms with Crippen LogP contribution in [0.3, 0.4) is 0 Å². The fourth-order valence-corrected chi connectivity index (χ4v) is 1.98. The SMILES string of the molecule is Cc1cccc(NC(=O)Cn2cc(Br)cn2)c1C. The highest BCUT2D eigenvalue weighted by Crippen LogP contribution is 2.17. The Hall–Kier alpha value is -1.62. The van der Waals surface area contributed by atoms with Crippen molar-refractivity contribution < 1.29 is 4.79 Å². The van der Waals surface area contributed by atoms with Crippen LogP contribution in [-0.2, 0) is 11.3 Å². The molecular formula is C13H14BrN3O. The number of halogens is 1. The van der Waals surface area contributed by atoms with Gasteiger partial charge in [-0.1, -0.05) is 12.1 Å². The van der Waals surface area contributed by atoms with Crippen LogP contribution in [-0.4, -0.2) is 15.7 Å². The zero-order valence-corrected chi connectivity index (χ0v) is 11.9. The Morgan fingerprint density at radius 2 is 2.22 bits per heavy atom. The van der Waals surface area contributed by atoms with Crippen molar-refractivity contribution in [3.8, 4) is 0 Å². The van der Waals surface area contributed by atoms with Gasteiger partial charge in [-0.15, -0.1) is 0 Å². The molecule has 94 valence electrons. The van der Waals surface area contributed by atoms with E-state index in [1.54, 1.807) is 17.1 Å². The number of carbonyl (C=O) groups excluding carboxylic acids is 1. The van der Waals surface area contributed by atoms with E-state index >= 15 is 0 Å². The summed E-state index contributed by atoms with van der Waals surface area (Å²) >= 11 is 3.30. The molecule has 2 rings (SSSR count). The number of rotatable bonds is 3. The molecule has 0 unspecified atom stereocenters. The highest BCUT2D eigenvalue weighted by atomic mass is 79.9. The second kappa shape index (κ2) is 5.35. The summed E-state index contributed by atoms with van der Waals surface area (Å²) in [4.78, 5) is 11.9. The topological polar surface area (TPSA) is 46.9 Å². The summed E-state index contributed by atoms with van der Waals surface area (Å²) in [6, 6.07) is 5.86. The third kappa shape index (κ3) is 2.98. The molecule has 0 saturated carbocycles. The summed E-state index contributed by atoms with van der Waals surface area (Å²) in [6.45, 7) is 4.23. The first kappa shape index (κ1) is 12.8. The van der Waals surface area contributed by atoms with Crippen LogP contribution < -0.4 is 5.32 Å². The predicted octanol–water partition coefficient (Wildman–Crippen LogP) is 2.90. The van der Waals surface area contributed by atoms with Crippen molar-refractivity contribution >= 4 is 27.5 Å². The van der Waals surface area contributed by atoms with Crippen LogP contribution in [0, 0.1) is 13.8 Å². The first-order chi connectivity index (χ1) is 8.56. The molecule has 0 aliphatic carbocycles. The highest BCUT2D eigenvalue weighted by molar-refractivity contribution is 9.10. The summed E-state index contributed by atoms with van der Waals surface area (Å²) in [5.41, 5.74) is 3.10. The van der Waals surface area contributed by atoms with E-state index in [1.807, 2.05) is 32.0 Å². The van der Waals surface area contributed by atoms with E-state index in [-0.39, 0.29) is 12.5 Å². The second-order valence-corrected chi connectivity index (χ2v) is 5.07. The van der Waals surface area contributed by atoms with E-state index in [0.29, 0.717) is 0 Å². The number of anilines is 1. The Labute approximate surface area is 114 Å². The van der Waals surface area contributed by atoms with Gasteiger partial charge < -0.3 is 5.32 Å². The number of carbonyl (C=O) groups is 1. The molecule has 0 atom stereocenters. The van der Waals surface area contributed by atoms with Crippen molar-refractivity contribution in [2.45, 2.75) is 20.4 Å². The number of aryl methyl sites for hydroxylation is 1. The Balaban J connectivity index is 2.05. The van der Waals surface area contributed by atoms with Crippen LogP contribution in [0.4, 0.5) is 5.69 Å². The monoisotopic (exact) mass is 307 g/mol. The summed E-state index contributed by atoms with van der Waals surface area (Å²) in [7, 11) is 0. The number of benzene rings is 1. The molecule has 0 fully saturated rings. The zero-order chi connectivity index (χ0) is 13.1. The Morgan fingerprint density at radius 1 is 1.44 bits per heavy atom. The van der Waals surface area contributed by atoms with Gasteiger partial charge in [-0.3, -0.25) is 9.48 Å². The van der Waals surface area contributed by atoms with Crippen LogP contribution in [0.15, 0.2) is 35.1 Å². The number of hydrogen-bond acceptors (Lipinski definition) is 2. The molecule has 0 spiro atoms. The number of amides is 1. The predicted molar refractivity (Wildman–Crippen MR) is 74.5 cm³/mol. The van der Waals surface area contributed by atoms with Crippen molar-refractivity contribution in [3.05, 3.63) is 46.2 Å². The van der Waals surface area contributed by atoms with Crippen LogP contribution in [0.25, 0.3) is 0 Å². The van der Waals surface area contributed by atoms with Crippen molar-refractivity contribution in [2.75, 3.05) is 5.32 Å². The zero-order valence-electron chi connectivity index (χ0n) is 10.3. The fourth-order valence-electron chi connectivity index (χ4n) is 1.65. The molecule has 5 heteroatoms. The molecule has 0 saturated heterocycles. The normalized spacial score (nSPS) is 10.4. The first-order valence-electron chi connectivity index (χ1n) is 5.60. The van der Waals surface area contributed by atoms with Gasteiger partial charge in [0.15, 0.2) is 0 Å². The third-order valence-electron chi connectivity index (χ3n) is 2.79. The third-order valence-corrected chi connectivity index (χ3v) is 3.20. The number of nitrogens with zero attached hydrogens (tertiary/aromatic N) is 2. The minimum absolute atomic E-state index is 0.0840. The van der Waals surface area contributed by atoms with Gasteiger partial charge >= 0.3 is 0 Å². The maximum absolute atomic E-state index is 11.9. The largest absolute Gasteiger partial charge is 0.324 e. The number of hydrogen-bond donors (Lipinski definition) is 1. The summed E-state index contributed by atoms with van der Waals surface area (Å²) in [6.07, 6.45) is 3.42. The second-order valence-electron chi connectivity index (χ2n) is 4.15. The van der Waals surface area contributed by atoms with Gasteiger partial charge in [0.25, 0.3) is 0 Å².